The van der Waals surface area contributed by atoms with Gasteiger partial charge in [-0.3, -0.25) is 0 Å². The van der Waals surface area contributed by atoms with Crippen LogP contribution < -0.4 is 59.1 Å². The van der Waals surface area contributed by atoms with E-state index in [0.29, 0.717) is 0 Å². The minimum atomic E-state index is -5.52. The topological polar surface area (TPSA) is 74.6 Å². The Morgan fingerprint density at radius 1 is 1.12 bits per heavy atom. The molecule has 2 N–H and O–H groups in total. The van der Waals surface area contributed by atoms with Gasteiger partial charge in [-0.05, 0) is 0 Å². The summed E-state index contributed by atoms with van der Waals surface area (Å²) in [5.74, 6) is 0. The van der Waals surface area contributed by atoms with E-state index >= 15 is 0 Å². The fourth-order valence-electron chi connectivity index (χ4n) is 0. The summed E-state index contributed by atoms with van der Waals surface area (Å²) >= 11 is -5.52. The van der Waals surface area contributed by atoms with Crippen LogP contribution in [0.2, 0.25) is 0 Å². The summed E-state index contributed by atoms with van der Waals surface area (Å²) in [4.78, 5) is 0. The second kappa shape index (κ2) is 9.21. The molecule has 7 heteroatoms. The Hall–Kier alpha value is 2.21. The normalized spacial score (nSPS) is 7.25. The van der Waals surface area contributed by atoms with Crippen molar-refractivity contribution in [3.63, 3.8) is 0 Å². The molecule has 0 saturated heterocycles. The Balaban J connectivity index is -0.0000000133. The van der Waals surface area contributed by atoms with Crippen molar-refractivity contribution in [3.05, 3.63) is 7.43 Å². The van der Waals surface area contributed by atoms with Gasteiger partial charge in [0.05, 0.1) is 0 Å². The molecule has 0 unspecified atom stereocenters. The molecule has 0 fully saturated rings. The van der Waals surface area contributed by atoms with Crippen molar-refractivity contribution in [2.45, 2.75) is 0 Å². The van der Waals surface area contributed by atoms with Crippen molar-refractivity contribution >= 4 is 0 Å². The SMILES string of the molecule is [CH3-].[H-].[Na+].[Na+].[O]=[Mo](=[O])([OH])[OH]. The maximum atomic E-state index is 8.85. The van der Waals surface area contributed by atoms with E-state index in [-0.39, 0.29) is 68.0 Å². The summed E-state index contributed by atoms with van der Waals surface area (Å²) < 4.78 is 32.0. The van der Waals surface area contributed by atoms with E-state index in [1.54, 1.807) is 0 Å². The van der Waals surface area contributed by atoms with Crippen molar-refractivity contribution < 1.29 is 91.6 Å². The van der Waals surface area contributed by atoms with Crippen molar-refractivity contribution in [3.8, 4) is 0 Å². The van der Waals surface area contributed by atoms with Crippen LogP contribution in [0.25, 0.3) is 0 Å². The Bertz CT molecular complexity index is 102. The average Bonchev–Trinajstić information content (AvgIpc) is 0.722. The molecule has 0 bridgehead atoms. The molecule has 0 aromatic rings. The molecule has 0 radical (unpaired) electrons. The van der Waals surface area contributed by atoms with Gasteiger partial charge in [-0.15, -0.1) is 0 Å². The van der Waals surface area contributed by atoms with Crippen LogP contribution in [0.4, 0.5) is 0 Å². The molecule has 0 spiro atoms. The van der Waals surface area contributed by atoms with Gasteiger partial charge in [0.25, 0.3) is 0 Å². The molecule has 0 aliphatic heterocycles. The Kier molecular flexibility index (Phi) is 25.8. The molecule has 4 nitrogen and oxygen atoms in total. The Morgan fingerprint density at radius 2 is 1.12 bits per heavy atom. The standard InChI is InChI=1S/CH3.Mo.2Na.2H2O.2O.H/h1H3;;;;2*1H2;;;/q-1;+2;2*+1;;;;;-1/p-2. The molecule has 0 aromatic heterocycles. The first-order valence-corrected chi connectivity index (χ1v) is 4.13. The Labute approximate surface area is 97.5 Å². The zero-order valence-electron chi connectivity index (χ0n) is 6.12. The zero-order valence-corrected chi connectivity index (χ0v) is 11.1. The maximum absolute atomic E-state index is 8.85. The van der Waals surface area contributed by atoms with E-state index in [9.17, 15) is 0 Å². The molecule has 0 aromatic carbocycles. The molecule has 0 atom stereocenters. The molecule has 0 amide bonds. The summed E-state index contributed by atoms with van der Waals surface area (Å²) in [6.07, 6.45) is 0. The molecule has 0 heterocycles. The molecule has 0 rings (SSSR count). The van der Waals surface area contributed by atoms with E-state index in [4.69, 9.17) is 14.3 Å². The third-order valence-corrected chi connectivity index (χ3v) is 0. The van der Waals surface area contributed by atoms with Crippen LogP contribution in [-0.2, 0) is 23.5 Å². The zero-order chi connectivity index (χ0) is 4.50. The van der Waals surface area contributed by atoms with Crippen molar-refractivity contribution in [1.82, 2.24) is 0 Å². The number of rotatable bonds is 0. The number of hydrogen-bond donors (Lipinski definition) is 2. The van der Waals surface area contributed by atoms with Gasteiger partial charge < -0.3 is 8.85 Å². The van der Waals surface area contributed by atoms with Gasteiger partial charge in [0.2, 0.25) is 0 Å². The van der Waals surface area contributed by atoms with E-state index in [0.717, 1.165) is 0 Å². The fourth-order valence-corrected chi connectivity index (χ4v) is 0. The van der Waals surface area contributed by atoms with Crippen LogP contribution >= 0.6 is 0 Å². The summed E-state index contributed by atoms with van der Waals surface area (Å²) in [5, 5.41) is 0. The second-order valence-corrected chi connectivity index (χ2v) is 2.65. The van der Waals surface area contributed by atoms with Gasteiger partial charge in [-0.25, -0.2) is 0 Å². The van der Waals surface area contributed by atoms with Crippen LogP contribution in [-0.4, -0.2) is 7.52 Å². The second-order valence-electron chi connectivity index (χ2n) is 0.448. The third-order valence-electron chi connectivity index (χ3n) is 0. The summed E-state index contributed by atoms with van der Waals surface area (Å²) in [6.45, 7) is 0. The monoisotopic (exact) mass is 226 g/mol. The molecule has 8 heavy (non-hydrogen) atoms. The van der Waals surface area contributed by atoms with Gasteiger partial charge in [0, 0.05) is 0 Å². The predicted molar refractivity (Wildman–Crippen MR) is 13.3 cm³/mol. The minimum absolute atomic E-state index is 0. The Morgan fingerprint density at radius 3 is 1.12 bits per heavy atom. The van der Waals surface area contributed by atoms with Crippen molar-refractivity contribution in [2.24, 2.45) is 0 Å². The van der Waals surface area contributed by atoms with Crippen LogP contribution in [0.1, 0.15) is 1.43 Å². The van der Waals surface area contributed by atoms with Crippen LogP contribution in [0.3, 0.4) is 0 Å². The average molecular weight is 224 g/mol. The van der Waals surface area contributed by atoms with Gasteiger partial charge in [-0.2, -0.15) is 0 Å². The summed E-state index contributed by atoms with van der Waals surface area (Å²) in [6, 6.07) is 0. The first-order chi connectivity index (χ1) is 2.00. The number of hydrogen-bond acceptors (Lipinski definition) is 2. The fraction of sp³-hybridized carbons (Fsp3) is 0. The van der Waals surface area contributed by atoms with E-state index in [1.165, 1.54) is 0 Å². The molecule has 0 aliphatic rings. The van der Waals surface area contributed by atoms with E-state index in [2.05, 4.69) is 0 Å². The summed E-state index contributed by atoms with van der Waals surface area (Å²) in [7, 11) is 0. The van der Waals surface area contributed by atoms with Crippen molar-refractivity contribution in [2.75, 3.05) is 0 Å². The quantitative estimate of drug-likeness (QED) is 0.317. The van der Waals surface area contributed by atoms with Gasteiger partial charge >= 0.3 is 90.2 Å². The van der Waals surface area contributed by atoms with Crippen LogP contribution in [0, 0.1) is 7.43 Å². The molecular weight excluding hydrogens is 218 g/mol. The predicted octanol–water partition coefficient (Wildman–Crippen LogP) is -6.78. The first-order valence-electron chi connectivity index (χ1n) is 0.698. The van der Waals surface area contributed by atoms with Gasteiger partial charge in [0.15, 0.2) is 0 Å². The van der Waals surface area contributed by atoms with Crippen LogP contribution in [0.5, 0.6) is 0 Å². The third kappa shape index (κ3) is 87.5. The van der Waals surface area contributed by atoms with Gasteiger partial charge in [-0.1, -0.05) is 0 Å². The van der Waals surface area contributed by atoms with Gasteiger partial charge in [0.1, 0.15) is 0 Å². The molecule has 42 valence electrons. The molecular formula is CH6MoNa2O4. The van der Waals surface area contributed by atoms with Crippen LogP contribution in [0.15, 0.2) is 0 Å². The molecule has 0 aliphatic carbocycles. The van der Waals surface area contributed by atoms with Crippen molar-refractivity contribution in [1.29, 1.82) is 0 Å². The molecule has 0 saturated carbocycles. The van der Waals surface area contributed by atoms with E-state index in [1.807, 2.05) is 0 Å². The first kappa shape index (κ1) is 22.5. The van der Waals surface area contributed by atoms with E-state index < -0.39 is 16.7 Å². The summed E-state index contributed by atoms with van der Waals surface area (Å²) in [5.41, 5.74) is 0.